The van der Waals surface area contributed by atoms with Gasteiger partial charge in [-0.15, -0.1) is 0 Å². The molecule has 10 nitrogen and oxygen atoms in total. The standard InChI is InChI=1S/C20H24FN5O5/c1-12(28)22-5-16-9-26(20(30)31-16)14-2-3-19(17(21)4-14)24-6-13-7-25(8-15(29)11-27)23-18(13)10-24/h2-4,7,15-16,27,29H,5-6,8-11H2,1H3,(H,22,28)/t15-,16+/m1/s1. The molecule has 2 aliphatic rings. The van der Waals surface area contributed by atoms with Crippen molar-refractivity contribution < 1.29 is 28.9 Å². The number of carbonyl (C=O) groups excluding carboxylic acids is 2. The zero-order valence-electron chi connectivity index (χ0n) is 17.0. The molecule has 11 heteroatoms. The lowest BCUT2D eigenvalue weighted by Crippen LogP contribution is -2.33. The number of aliphatic hydroxyl groups excluding tert-OH is 2. The van der Waals surface area contributed by atoms with Crippen molar-refractivity contribution in [1.29, 1.82) is 0 Å². The summed E-state index contributed by atoms with van der Waals surface area (Å²) < 4.78 is 21.7. The maximum Gasteiger partial charge on any atom is 0.414 e. The van der Waals surface area contributed by atoms with Crippen LogP contribution in [-0.2, 0) is 29.2 Å². The van der Waals surface area contributed by atoms with Gasteiger partial charge in [0.15, 0.2) is 0 Å². The topological polar surface area (TPSA) is 120 Å². The third-order valence-electron chi connectivity index (χ3n) is 5.27. The average Bonchev–Trinajstić information content (AvgIpc) is 3.39. The van der Waals surface area contributed by atoms with Crippen LogP contribution in [0.3, 0.4) is 0 Å². The van der Waals surface area contributed by atoms with Crippen molar-refractivity contribution in [1.82, 2.24) is 15.1 Å². The van der Waals surface area contributed by atoms with Crippen molar-refractivity contribution >= 4 is 23.4 Å². The van der Waals surface area contributed by atoms with Crippen molar-refractivity contribution in [2.24, 2.45) is 0 Å². The molecular formula is C20H24FN5O5. The summed E-state index contributed by atoms with van der Waals surface area (Å²) in [6.45, 7) is 2.54. The van der Waals surface area contributed by atoms with E-state index in [0.717, 1.165) is 11.3 Å². The molecule has 1 aromatic carbocycles. The Balaban J connectivity index is 1.42. The van der Waals surface area contributed by atoms with Crippen molar-refractivity contribution in [2.45, 2.75) is 38.8 Å². The molecule has 166 valence electrons. The van der Waals surface area contributed by atoms with Gasteiger partial charge in [-0.1, -0.05) is 0 Å². The Morgan fingerprint density at radius 3 is 2.90 bits per heavy atom. The van der Waals surface area contributed by atoms with Crippen LogP contribution in [0.5, 0.6) is 0 Å². The van der Waals surface area contributed by atoms with Crippen LogP contribution in [-0.4, -0.2) is 63.9 Å². The van der Waals surface area contributed by atoms with E-state index in [1.807, 2.05) is 4.90 Å². The summed E-state index contributed by atoms with van der Waals surface area (Å²) in [5.74, 6) is -0.683. The van der Waals surface area contributed by atoms with Gasteiger partial charge in [0, 0.05) is 25.2 Å². The fourth-order valence-electron chi connectivity index (χ4n) is 3.76. The number of amides is 2. The number of fused-ring (bicyclic) bond motifs is 1. The Kier molecular flexibility index (Phi) is 5.79. The van der Waals surface area contributed by atoms with Crippen molar-refractivity contribution in [3.05, 3.63) is 41.5 Å². The summed E-state index contributed by atoms with van der Waals surface area (Å²) in [5.41, 5.74) is 2.50. The van der Waals surface area contributed by atoms with Crippen molar-refractivity contribution in [3.63, 3.8) is 0 Å². The first-order chi connectivity index (χ1) is 14.8. The minimum atomic E-state index is -0.878. The molecule has 1 aromatic heterocycles. The fourth-order valence-corrected chi connectivity index (χ4v) is 3.76. The molecule has 0 radical (unpaired) electrons. The molecule has 3 heterocycles. The van der Waals surface area contributed by atoms with Gasteiger partial charge < -0.3 is 25.2 Å². The molecular weight excluding hydrogens is 409 g/mol. The van der Waals surface area contributed by atoms with Crippen LogP contribution in [0.15, 0.2) is 24.4 Å². The Labute approximate surface area is 177 Å². The largest absolute Gasteiger partial charge is 0.442 e. The summed E-state index contributed by atoms with van der Waals surface area (Å²) in [6, 6.07) is 4.58. The third kappa shape index (κ3) is 4.47. The van der Waals surface area contributed by atoms with E-state index in [1.54, 1.807) is 23.0 Å². The highest BCUT2D eigenvalue weighted by atomic mass is 19.1. The second-order valence-electron chi connectivity index (χ2n) is 7.70. The first kappa shape index (κ1) is 21.1. The Morgan fingerprint density at radius 2 is 2.23 bits per heavy atom. The van der Waals surface area contributed by atoms with E-state index in [4.69, 9.17) is 9.84 Å². The number of aliphatic hydroxyl groups is 2. The number of ether oxygens (including phenoxy) is 1. The van der Waals surface area contributed by atoms with E-state index in [0.29, 0.717) is 24.5 Å². The maximum absolute atomic E-state index is 14.9. The van der Waals surface area contributed by atoms with Gasteiger partial charge in [-0.25, -0.2) is 9.18 Å². The molecule has 4 rings (SSSR count). The minimum absolute atomic E-state index is 0.196. The lowest BCUT2D eigenvalue weighted by atomic mass is 10.2. The summed E-state index contributed by atoms with van der Waals surface area (Å²) in [5, 5.41) is 25.5. The van der Waals surface area contributed by atoms with E-state index >= 15 is 0 Å². The molecule has 0 unspecified atom stereocenters. The molecule has 31 heavy (non-hydrogen) atoms. The van der Waals surface area contributed by atoms with Gasteiger partial charge in [-0.2, -0.15) is 5.10 Å². The molecule has 3 N–H and O–H groups in total. The molecule has 0 spiro atoms. The van der Waals surface area contributed by atoms with Crippen LogP contribution in [0, 0.1) is 5.82 Å². The predicted octanol–water partition coefficient (Wildman–Crippen LogP) is 0.357. The number of benzene rings is 1. The third-order valence-corrected chi connectivity index (χ3v) is 5.27. The Morgan fingerprint density at radius 1 is 1.42 bits per heavy atom. The van der Waals surface area contributed by atoms with Gasteiger partial charge in [0.2, 0.25) is 5.91 Å². The minimum Gasteiger partial charge on any atom is -0.442 e. The number of cyclic esters (lactones) is 1. The van der Waals surface area contributed by atoms with Crippen LogP contribution in [0.4, 0.5) is 20.6 Å². The summed E-state index contributed by atoms with van der Waals surface area (Å²) in [6.07, 6.45) is -0.163. The SMILES string of the molecule is CC(=O)NC[C@H]1CN(c2ccc(N3Cc4cn(C[C@@H](O)CO)nc4C3)c(F)c2)C(=O)O1. The summed E-state index contributed by atoms with van der Waals surface area (Å²) in [7, 11) is 0. The van der Waals surface area contributed by atoms with Gasteiger partial charge in [-0.05, 0) is 18.2 Å². The van der Waals surface area contributed by atoms with Gasteiger partial charge >= 0.3 is 6.09 Å². The first-order valence-electron chi connectivity index (χ1n) is 9.95. The fraction of sp³-hybridized carbons (Fsp3) is 0.450. The number of hydrogen-bond acceptors (Lipinski definition) is 7. The molecule has 0 saturated carbocycles. The van der Waals surface area contributed by atoms with Gasteiger partial charge in [0.1, 0.15) is 11.9 Å². The maximum atomic E-state index is 14.9. The molecule has 1 fully saturated rings. The molecule has 2 amide bonds. The Bertz CT molecular complexity index is 973. The number of carbonyl (C=O) groups is 2. The highest BCUT2D eigenvalue weighted by Crippen LogP contribution is 2.32. The van der Waals surface area contributed by atoms with E-state index in [2.05, 4.69) is 10.4 Å². The van der Waals surface area contributed by atoms with Gasteiger partial charge in [0.25, 0.3) is 0 Å². The summed E-state index contributed by atoms with van der Waals surface area (Å²) in [4.78, 5) is 26.4. The Hall–Kier alpha value is -3.18. The average molecular weight is 433 g/mol. The van der Waals surface area contributed by atoms with Crippen LogP contribution in [0.1, 0.15) is 18.2 Å². The van der Waals surface area contributed by atoms with Gasteiger partial charge in [-0.3, -0.25) is 14.4 Å². The first-order valence-corrected chi connectivity index (χ1v) is 9.95. The van der Waals surface area contributed by atoms with Gasteiger partial charge in [0.05, 0.1) is 56.0 Å². The van der Waals surface area contributed by atoms with Crippen LogP contribution >= 0.6 is 0 Å². The van der Waals surface area contributed by atoms with Crippen molar-refractivity contribution in [2.75, 3.05) is 29.5 Å². The number of halogens is 1. The smallest absolute Gasteiger partial charge is 0.414 e. The molecule has 2 aromatic rings. The van der Waals surface area contributed by atoms with Crippen molar-refractivity contribution in [3.8, 4) is 0 Å². The lowest BCUT2D eigenvalue weighted by Gasteiger charge is -2.21. The zero-order chi connectivity index (χ0) is 22.1. The number of rotatable bonds is 7. The van der Waals surface area contributed by atoms with Crippen LogP contribution in [0.2, 0.25) is 0 Å². The second kappa shape index (κ2) is 8.52. The number of nitrogens with zero attached hydrogens (tertiary/aromatic N) is 4. The highest BCUT2D eigenvalue weighted by Gasteiger charge is 2.33. The number of nitrogens with one attached hydrogen (secondary N) is 1. The second-order valence-corrected chi connectivity index (χ2v) is 7.70. The molecule has 0 aliphatic carbocycles. The lowest BCUT2D eigenvalue weighted by molar-refractivity contribution is -0.119. The molecule has 1 saturated heterocycles. The van der Waals surface area contributed by atoms with E-state index in [9.17, 15) is 19.1 Å². The zero-order valence-corrected chi connectivity index (χ0v) is 17.0. The molecule has 0 bridgehead atoms. The van der Waals surface area contributed by atoms with Crippen LogP contribution < -0.4 is 15.1 Å². The van der Waals surface area contributed by atoms with Crippen LogP contribution in [0.25, 0.3) is 0 Å². The van der Waals surface area contributed by atoms with E-state index in [-0.39, 0.29) is 32.1 Å². The predicted molar refractivity (Wildman–Crippen MR) is 108 cm³/mol. The number of anilines is 2. The quantitative estimate of drug-likeness (QED) is 0.577. The monoisotopic (exact) mass is 433 g/mol. The molecule has 2 aliphatic heterocycles. The number of hydrogen-bond donors (Lipinski definition) is 3. The van der Waals surface area contributed by atoms with E-state index < -0.39 is 24.1 Å². The normalized spacial score (nSPS) is 18.8. The number of aromatic nitrogens is 2. The van der Waals surface area contributed by atoms with E-state index in [1.165, 1.54) is 17.9 Å². The summed E-state index contributed by atoms with van der Waals surface area (Å²) >= 11 is 0. The molecule has 2 atom stereocenters. The highest BCUT2D eigenvalue weighted by molar-refractivity contribution is 5.90.